The zero-order chi connectivity index (χ0) is 21.4. The van der Waals surface area contributed by atoms with Crippen LogP contribution in [0, 0.1) is 11.7 Å². The van der Waals surface area contributed by atoms with Crippen LogP contribution in [-0.4, -0.2) is 54.6 Å². The van der Waals surface area contributed by atoms with Crippen molar-refractivity contribution < 1.29 is 23.5 Å². The number of amides is 3. The second kappa shape index (κ2) is 10.2. The fourth-order valence-corrected chi connectivity index (χ4v) is 3.07. The van der Waals surface area contributed by atoms with E-state index in [4.69, 9.17) is 4.74 Å². The Bertz CT molecular complexity index is 716. The van der Waals surface area contributed by atoms with Crippen LogP contribution in [0.5, 0.6) is 0 Å². The Morgan fingerprint density at radius 2 is 1.79 bits per heavy atom. The maximum absolute atomic E-state index is 12.9. The van der Waals surface area contributed by atoms with Crippen molar-refractivity contribution in [2.45, 2.75) is 45.6 Å². The molecule has 160 valence electrons. The quantitative estimate of drug-likeness (QED) is 0.708. The Balaban J connectivity index is 1.68. The summed E-state index contributed by atoms with van der Waals surface area (Å²) >= 11 is 0. The highest BCUT2D eigenvalue weighted by Gasteiger charge is 2.30. The van der Waals surface area contributed by atoms with Gasteiger partial charge in [0.25, 0.3) is 0 Å². The van der Waals surface area contributed by atoms with Crippen molar-refractivity contribution in [1.29, 1.82) is 0 Å². The standard InChI is InChI=1S/C21H30FN3O4/c1-21(2,3)29-20(28)25-12-4-5-16(14-25)19(27)24-11-10-23-18(26)13-15-6-8-17(22)9-7-15/h6-9,16H,4-5,10-14H2,1-3H3,(H,23,26)(H,24,27). The minimum absolute atomic E-state index is 0.133. The number of likely N-dealkylation sites (tertiary alicyclic amines) is 1. The number of ether oxygens (including phenoxy) is 1. The molecule has 1 unspecified atom stereocenters. The van der Waals surface area contributed by atoms with Crippen LogP contribution in [0.25, 0.3) is 0 Å². The molecule has 2 N–H and O–H groups in total. The van der Waals surface area contributed by atoms with E-state index in [-0.39, 0.29) is 30.0 Å². The molecule has 1 atom stereocenters. The van der Waals surface area contributed by atoms with E-state index in [1.54, 1.807) is 17.0 Å². The zero-order valence-electron chi connectivity index (χ0n) is 17.3. The highest BCUT2D eigenvalue weighted by atomic mass is 19.1. The highest BCUT2D eigenvalue weighted by molar-refractivity contribution is 5.80. The molecule has 0 radical (unpaired) electrons. The van der Waals surface area contributed by atoms with Crippen molar-refractivity contribution in [2.24, 2.45) is 5.92 Å². The van der Waals surface area contributed by atoms with Gasteiger partial charge in [-0.1, -0.05) is 12.1 Å². The first-order valence-corrected chi connectivity index (χ1v) is 9.91. The molecule has 1 aromatic carbocycles. The van der Waals surface area contributed by atoms with Gasteiger partial charge in [-0.25, -0.2) is 9.18 Å². The molecule has 29 heavy (non-hydrogen) atoms. The molecular formula is C21H30FN3O4. The number of halogens is 1. The molecule has 1 aliphatic rings. The lowest BCUT2D eigenvalue weighted by molar-refractivity contribution is -0.127. The molecule has 0 spiro atoms. The summed E-state index contributed by atoms with van der Waals surface area (Å²) in [6.45, 7) is 6.94. The van der Waals surface area contributed by atoms with Gasteiger partial charge >= 0.3 is 6.09 Å². The molecule has 1 fully saturated rings. The van der Waals surface area contributed by atoms with Crippen LogP contribution < -0.4 is 10.6 Å². The van der Waals surface area contributed by atoms with E-state index in [1.807, 2.05) is 20.8 Å². The average molecular weight is 407 g/mol. The van der Waals surface area contributed by atoms with Crippen molar-refractivity contribution >= 4 is 17.9 Å². The van der Waals surface area contributed by atoms with Gasteiger partial charge in [0.2, 0.25) is 11.8 Å². The third-order valence-electron chi connectivity index (χ3n) is 4.47. The summed E-state index contributed by atoms with van der Waals surface area (Å²) in [5, 5.41) is 5.53. The topological polar surface area (TPSA) is 87.7 Å². The molecule has 0 bridgehead atoms. The molecule has 1 heterocycles. The first-order chi connectivity index (χ1) is 13.6. The molecule has 1 saturated heterocycles. The third-order valence-corrected chi connectivity index (χ3v) is 4.47. The van der Waals surface area contributed by atoms with Crippen LogP contribution in [0.2, 0.25) is 0 Å². The summed E-state index contributed by atoms with van der Waals surface area (Å²) in [4.78, 5) is 38.0. The predicted molar refractivity (Wildman–Crippen MR) is 107 cm³/mol. The first-order valence-electron chi connectivity index (χ1n) is 9.91. The Labute approximate surface area is 171 Å². The number of nitrogens with one attached hydrogen (secondary N) is 2. The second-order valence-electron chi connectivity index (χ2n) is 8.21. The van der Waals surface area contributed by atoms with E-state index >= 15 is 0 Å². The molecule has 0 saturated carbocycles. The molecule has 0 aromatic heterocycles. The van der Waals surface area contributed by atoms with Crippen molar-refractivity contribution in [1.82, 2.24) is 15.5 Å². The van der Waals surface area contributed by atoms with Crippen molar-refractivity contribution in [2.75, 3.05) is 26.2 Å². The largest absolute Gasteiger partial charge is 0.444 e. The summed E-state index contributed by atoms with van der Waals surface area (Å²) in [7, 11) is 0. The van der Waals surface area contributed by atoms with Gasteiger partial charge in [0.05, 0.1) is 12.3 Å². The summed E-state index contributed by atoms with van der Waals surface area (Å²) in [5.74, 6) is -0.957. The lowest BCUT2D eigenvalue weighted by Crippen LogP contribution is -2.47. The van der Waals surface area contributed by atoms with E-state index in [9.17, 15) is 18.8 Å². The number of hydrogen-bond donors (Lipinski definition) is 2. The van der Waals surface area contributed by atoms with E-state index in [0.29, 0.717) is 32.6 Å². The van der Waals surface area contributed by atoms with Gasteiger partial charge in [-0.05, 0) is 51.3 Å². The minimum Gasteiger partial charge on any atom is -0.444 e. The number of carbonyl (C=O) groups excluding carboxylic acids is 3. The van der Waals surface area contributed by atoms with E-state index in [1.165, 1.54) is 12.1 Å². The number of benzene rings is 1. The van der Waals surface area contributed by atoms with Gasteiger partial charge in [0, 0.05) is 26.2 Å². The van der Waals surface area contributed by atoms with E-state index in [2.05, 4.69) is 10.6 Å². The summed E-state index contributed by atoms with van der Waals surface area (Å²) in [5.41, 5.74) is 0.149. The Morgan fingerprint density at radius 1 is 1.14 bits per heavy atom. The van der Waals surface area contributed by atoms with Gasteiger partial charge in [0.1, 0.15) is 11.4 Å². The number of piperidine rings is 1. The SMILES string of the molecule is CC(C)(C)OC(=O)N1CCCC(C(=O)NCCNC(=O)Cc2ccc(F)cc2)C1. The molecule has 1 aromatic rings. The number of rotatable bonds is 6. The molecule has 3 amide bonds. The van der Waals surface area contributed by atoms with Crippen LogP contribution in [-0.2, 0) is 20.7 Å². The zero-order valence-corrected chi connectivity index (χ0v) is 17.3. The molecule has 0 aliphatic carbocycles. The smallest absolute Gasteiger partial charge is 0.410 e. The third kappa shape index (κ3) is 8.09. The van der Waals surface area contributed by atoms with Gasteiger partial charge in [-0.3, -0.25) is 9.59 Å². The van der Waals surface area contributed by atoms with Crippen LogP contribution >= 0.6 is 0 Å². The van der Waals surface area contributed by atoms with Gasteiger partial charge < -0.3 is 20.3 Å². The maximum Gasteiger partial charge on any atom is 0.410 e. The summed E-state index contributed by atoms with van der Waals surface area (Å²) in [6, 6.07) is 5.76. The number of carbonyl (C=O) groups is 3. The lowest BCUT2D eigenvalue weighted by Gasteiger charge is -2.33. The summed E-state index contributed by atoms with van der Waals surface area (Å²) in [6.07, 6.45) is 1.21. The predicted octanol–water partition coefficient (Wildman–Crippen LogP) is 2.25. The van der Waals surface area contributed by atoms with Gasteiger partial charge in [-0.15, -0.1) is 0 Å². The Morgan fingerprint density at radius 3 is 2.45 bits per heavy atom. The van der Waals surface area contributed by atoms with Crippen molar-refractivity contribution in [3.63, 3.8) is 0 Å². The van der Waals surface area contributed by atoms with Crippen LogP contribution in [0.3, 0.4) is 0 Å². The van der Waals surface area contributed by atoms with E-state index < -0.39 is 11.7 Å². The van der Waals surface area contributed by atoms with Crippen LogP contribution in [0.15, 0.2) is 24.3 Å². The molecular weight excluding hydrogens is 377 g/mol. The minimum atomic E-state index is -0.571. The van der Waals surface area contributed by atoms with Crippen LogP contribution in [0.1, 0.15) is 39.2 Å². The van der Waals surface area contributed by atoms with Crippen LogP contribution in [0.4, 0.5) is 9.18 Å². The molecule has 8 heteroatoms. The van der Waals surface area contributed by atoms with Crippen molar-refractivity contribution in [3.05, 3.63) is 35.6 Å². The maximum atomic E-state index is 12.9. The first kappa shape index (κ1) is 22.6. The Kier molecular flexibility index (Phi) is 7.99. The monoisotopic (exact) mass is 407 g/mol. The molecule has 7 nitrogen and oxygen atoms in total. The van der Waals surface area contributed by atoms with Gasteiger partial charge in [-0.2, -0.15) is 0 Å². The lowest BCUT2D eigenvalue weighted by atomic mass is 9.97. The number of hydrogen-bond acceptors (Lipinski definition) is 4. The van der Waals surface area contributed by atoms with Gasteiger partial charge in [0.15, 0.2) is 0 Å². The van der Waals surface area contributed by atoms with Crippen molar-refractivity contribution in [3.8, 4) is 0 Å². The molecule has 1 aliphatic heterocycles. The fourth-order valence-electron chi connectivity index (χ4n) is 3.07. The summed E-state index contributed by atoms with van der Waals surface area (Å²) < 4.78 is 18.2. The highest BCUT2D eigenvalue weighted by Crippen LogP contribution is 2.19. The normalized spacial score (nSPS) is 16.8. The Hall–Kier alpha value is -2.64. The second-order valence-corrected chi connectivity index (χ2v) is 8.21. The molecule has 2 rings (SSSR count). The van der Waals surface area contributed by atoms with E-state index in [0.717, 1.165) is 12.0 Å². The fraction of sp³-hybridized carbons (Fsp3) is 0.571. The average Bonchev–Trinajstić information content (AvgIpc) is 2.65. The number of nitrogens with zero attached hydrogens (tertiary/aromatic N) is 1.